The van der Waals surface area contributed by atoms with Crippen LogP contribution in [0.3, 0.4) is 0 Å². The van der Waals surface area contributed by atoms with Crippen LogP contribution in [-0.4, -0.2) is 35.7 Å². The highest BCUT2D eigenvalue weighted by Crippen LogP contribution is 2.40. The van der Waals surface area contributed by atoms with E-state index < -0.39 is 17.9 Å². The second-order valence-electron chi connectivity index (χ2n) is 4.68. The van der Waals surface area contributed by atoms with Crippen molar-refractivity contribution in [3.05, 3.63) is 21.9 Å². The number of carbonyl (C=O) groups is 2. The number of rotatable bonds is 4. The van der Waals surface area contributed by atoms with Gasteiger partial charge in [0.1, 0.15) is 6.73 Å². The van der Waals surface area contributed by atoms with Crippen LogP contribution in [0.1, 0.15) is 29.3 Å². The van der Waals surface area contributed by atoms with Gasteiger partial charge < -0.3 is 14.7 Å². The Morgan fingerprint density at radius 2 is 2.37 bits per heavy atom. The van der Waals surface area contributed by atoms with E-state index in [1.807, 2.05) is 18.4 Å². The van der Waals surface area contributed by atoms with E-state index in [1.54, 1.807) is 4.90 Å². The van der Waals surface area contributed by atoms with E-state index in [4.69, 9.17) is 4.74 Å². The number of piperidine rings is 1. The molecule has 19 heavy (non-hydrogen) atoms. The van der Waals surface area contributed by atoms with Gasteiger partial charge in [0, 0.05) is 18.4 Å². The van der Waals surface area contributed by atoms with Crippen molar-refractivity contribution in [1.29, 1.82) is 0 Å². The Kier molecular flexibility index (Phi) is 4.21. The number of aliphatic carboxylic acids is 1. The summed E-state index contributed by atoms with van der Waals surface area (Å²) in [4.78, 5) is 26.0. The van der Waals surface area contributed by atoms with E-state index in [1.165, 1.54) is 18.4 Å². The number of hydrogen-bond donors (Lipinski definition) is 1. The average molecular weight is 283 g/mol. The molecule has 1 amide bonds. The van der Waals surface area contributed by atoms with Crippen molar-refractivity contribution in [2.75, 3.05) is 13.8 Å². The van der Waals surface area contributed by atoms with Gasteiger partial charge in [-0.1, -0.05) is 0 Å². The van der Waals surface area contributed by atoms with E-state index in [2.05, 4.69) is 0 Å². The Balaban J connectivity index is 2.41. The molecule has 1 saturated heterocycles. The summed E-state index contributed by atoms with van der Waals surface area (Å²) < 4.78 is 5.06. The number of carbonyl (C=O) groups excluding carboxylic acids is 1. The molecule has 1 N–H and O–H groups in total. The van der Waals surface area contributed by atoms with E-state index >= 15 is 0 Å². The molecule has 0 spiro atoms. The lowest BCUT2D eigenvalue weighted by Crippen LogP contribution is -2.46. The highest BCUT2D eigenvalue weighted by atomic mass is 32.1. The molecule has 5 nitrogen and oxygen atoms in total. The van der Waals surface area contributed by atoms with Gasteiger partial charge in [0.15, 0.2) is 0 Å². The summed E-state index contributed by atoms with van der Waals surface area (Å²) in [6.07, 6.45) is 0.650. The molecule has 2 rings (SSSR count). The van der Waals surface area contributed by atoms with E-state index in [0.717, 1.165) is 10.4 Å². The topological polar surface area (TPSA) is 66.8 Å². The Hall–Kier alpha value is -1.40. The molecule has 0 radical (unpaired) electrons. The molecule has 0 aliphatic carbocycles. The zero-order valence-corrected chi connectivity index (χ0v) is 11.8. The second-order valence-corrected chi connectivity index (χ2v) is 5.63. The molecule has 1 fully saturated rings. The van der Waals surface area contributed by atoms with Crippen LogP contribution in [0.5, 0.6) is 0 Å². The summed E-state index contributed by atoms with van der Waals surface area (Å²) in [5.41, 5.74) is 1.03. The molecule has 0 saturated carbocycles. The molecular formula is C13H17NO4S. The Morgan fingerprint density at radius 1 is 1.63 bits per heavy atom. The lowest BCUT2D eigenvalue weighted by Gasteiger charge is -2.38. The van der Waals surface area contributed by atoms with Gasteiger partial charge >= 0.3 is 5.97 Å². The van der Waals surface area contributed by atoms with Crippen molar-refractivity contribution in [2.24, 2.45) is 5.92 Å². The largest absolute Gasteiger partial charge is 0.481 e. The van der Waals surface area contributed by atoms with E-state index in [9.17, 15) is 14.7 Å². The van der Waals surface area contributed by atoms with Crippen LogP contribution in [0, 0.1) is 12.8 Å². The molecule has 0 bridgehead atoms. The number of amides is 1. The quantitative estimate of drug-likeness (QED) is 0.918. The minimum atomic E-state index is -0.855. The molecule has 104 valence electrons. The average Bonchev–Trinajstić information content (AvgIpc) is 2.77. The van der Waals surface area contributed by atoms with Crippen molar-refractivity contribution in [1.82, 2.24) is 4.90 Å². The Bertz CT molecular complexity index is 485. The number of carboxylic acids is 1. The third-order valence-electron chi connectivity index (χ3n) is 3.46. The minimum Gasteiger partial charge on any atom is -0.481 e. The molecule has 1 aromatic heterocycles. The third-order valence-corrected chi connectivity index (χ3v) is 4.55. The first-order chi connectivity index (χ1) is 9.06. The maximum absolute atomic E-state index is 12.0. The fraction of sp³-hybridized carbons (Fsp3) is 0.538. The first-order valence-corrected chi connectivity index (χ1v) is 6.99. The van der Waals surface area contributed by atoms with Crippen LogP contribution in [0.4, 0.5) is 0 Å². The van der Waals surface area contributed by atoms with Gasteiger partial charge in [-0.2, -0.15) is 0 Å². The van der Waals surface area contributed by atoms with E-state index in [-0.39, 0.29) is 19.1 Å². The number of carboxylic acid groups (broad SMARTS) is 1. The predicted molar refractivity (Wildman–Crippen MR) is 70.9 cm³/mol. The lowest BCUT2D eigenvalue weighted by molar-refractivity contribution is -0.156. The number of likely N-dealkylation sites (tertiary alicyclic amines) is 1. The summed E-state index contributed by atoms with van der Waals surface area (Å²) in [7, 11) is 1.51. The van der Waals surface area contributed by atoms with Gasteiger partial charge in [-0.25, -0.2) is 0 Å². The van der Waals surface area contributed by atoms with Crippen LogP contribution in [0.15, 0.2) is 11.4 Å². The first-order valence-electron chi connectivity index (χ1n) is 6.11. The molecule has 1 aromatic rings. The van der Waals surface area contributed by atoms with Crippen LogP contribution in [0.25, 0.3) is 0 Å². The SMILES string of the molecule is COCN1C(=O)CC[C@@H](C(=O)O)[C@@H]1c1sccc1C. The normalized spacial score (nSPS) is 23.7. The minimum absolute atomic E-state index is 0.0443. The maximum Gasteiger partial charge on any atom is 0.308 e. The first kappa shape index (κ1) is 14.0. The summed E-state index contributed by atoms with van der Waals surface area (Å²) in [5, 5.41) is 11.3. The standard InChI is InChI=1S/C13H17NO4S/c1-8-5-6-19-12(8)11-9(13(16)17)3-4-10(15)14(11)7-18-2/h5-6,9,11H,3-4,7H2,1-2H3,(H,16,17)/t9-,11-/m1/s1. The molecule has 1 aliphatic heterocycles. The van der Waals surface area contributed by atoms with Crippen LogP contribution in [0.2, 0.25) is 0 Å². The highest BCUT2D eigenvalue weighted by Gasteiger charge is 2.41. The van der Waals surface area contributed by atoms with Gasteiger partial charge in [0.25, 0.3) is 0 Å². The number of thiophene rings is 1. The van der Waals surface area contributed by atoms with Crippen LogP contribution in [-0.2, 0) is 14.3 Å². The summed E-state index contributed by atoms with van der Waals surface area (Å²) in [6, 6.07) is 1.53. The zero-order valence-electron chi connectivity index (χ0n) is 11.0. The number of aryl methyl sites for hydroxylation is 1. The summed E-state index contributed by atoms with van der Waals surface area (Å²) >= 11 is 1.50. The van der Waals surface area contributed by atoms with Gasteiger partial charge in [-0.15, -0.1) is 11.3 Å². The highest BCUT2D eigenvalue weighted by molar-refractivity contribution is 7.10. The lowest BCUT2D eigenvalue weighted by atomic mass is 9.87. The fourth-order valence-electron chi connectivity index (χ4n) is 2.51. The third kappa shape index (κ3) is 2.64. The maximum atomic E-state index is 12.0. The van der Waals surface area contributed by atoms with Crippen molar-refractivity contribution >= 4 is 23.2 Å². The van der Waals surface area contributed by atoms with Gasteiger partial charge in [0.05, 0.1) is 12.0 Å². The molecule has 0 aromatic carbocycles. The van der Waals surface area contributed by atoms with Gasteiger partial charge in [-0.3, -0.25) is 9.59 Å². The zero-order chi connectivity index (χ0) is 14.0. The smallest absolute Gasteiger partial charge is 0.308 e. The Labute approximate surface area is 115 Å². The van der Waals surface area contributed by atoms with Crippen molar-refractivity contribution in [3.8, 4) is 0 Å². The second kappa shape index (κ2) is 5.71. The van der Waals surface area contributed by atoms with Crippen molar-refractivity contribution < 1.29 is 19.4 Å². The monoisotopic (exact) mass is 283 g/mol. The summed E-state index contributed by atoms with van der Waals surface area (Å²) in [5.74, 6) is -1.46. The fourth-order valence-corrected chi connectivity index (χ4v) is 3.62. The van der Waals surface area contributed by atoms with Crippen LogP contribution >= 0.6 is 11.3 Å². The van der Waals surface area contributed by atoms with E-state index in [0.29, 0.717) is 6.42 Å². The summed E-state index contributed by atoms with van der Waals surface area (Å²) in [6.45, 7) is 2.07. The molecule has 2 heterocycles. The van der Waals surface area contributed by atoms with Crippen molar-refractivity contribution in [2.45, 2.75) is 25.8 Å². The van der Waals surface area contributed by atoms with Crippen LogP contribution < -0.4 is 0 Å². The Morgan fingerprint density at radius 3 is 2.89 bits per heavy atom. The number of nitrogens with zero attached hydrogens (tertiary/aromatic N) is 1. The molecular weight excluding hydrogens is 266 g/mol. The van der Waals surface area contributed by atoms with Gasteiger partial charge in [0.2, 0.25) is 5.91 Å². The number of hydrogen-bond acceptors (Lipinski definition) is 4. The van der Waals surface area contributed by atoms with Crippen molar-refractivity contribution in [3.63, 3.8) is 0 Å². The molecule has 0 unspecified atom stereocenters. The molecule has 6 heteroatoms. The molecule has 1 aliphatic rings. The number of ether oxygens (including phenoxy) is 1. The van der Waals surface area contributed by atoms with Gasteiger partial charge in [-0.05, 0) is 30.4 Å². The molecule has 2 atom stereocenters. The predicted octanol–water partition coefficient (Wildman–Crippen LogP) is 2.02. The number of methoxy groups -OCH3 is 1.